The quantitative estimate of drug-likeness (QED) is 0.848. The predicted molar refractivity (Wildman–Crippen MR) is 87.4 cm³/mol. The third-order valence-corrected chi connectivity index (χ3v) is 5.29. The molecule has 4 rings (SSSR count). The molecule has 2 aliphatic heterocycles. The molecule has 1 saturated heterocycles. The van der Waals surface area contributed by atoms with Crippen LogP contribution in [-0.2, 0) is 30.9 Å². The molecular weight excluding hydrogens is 312 g/mol. The lowest BCUT2D eigenvalue weighted by atomic mass is 10.1. The largest absolute Gasteiger partial charge is 0.376 e. The van der Waals surface area contributed by atoms with E-state index in [1.165, 1.54) is 23.5 Å². The first-order valence-corrected chi connectivity index (χ1v) is 8.93. The minimum atomic E-state index is -0.0155. The maximum absolute atomic E-state index is 12.3. The number of aromatic nitrogens is 3. The Balaban J connectivity index is 1.51. The lowest BCUT2D eigenvalue weighted by Crippen LogP contribution is -2.37. The fourth-order valence-corrected chi connectivity index (χ4v) is 3.96. The summed E-state index contributed by atoms with van der Waals surface area (Å²) in [6.07, 6.45) is 5.02. The summed E-state index contributed by atoms with van der Waals surface area (Å²) >= 11 is 1.49. The Morgan fingerprint density at radius 1 is 1.43 bits per heavy atom. The van der Waals surface area contributed by atoms with Gasteiger partial charge in [-0.3, -0.25) is 9.69 Å². The van der Waals surface area contributed by atoms with Crippen LogP contribution in [0.1, 0.15) is 29.7 Å². The van der Waals surface area contributed by atoms with Crippen molar-refractivity contribution in [2.75, 3.05) is 13.2 Å². The van der Waals surface area contributed by atoms with E-state index in [9.17, 15) is 4.79 Å². The van der Waals surface area contributed by atoms with Gasteiger partial charge in [0.25, 0.3) is 5.56 Å². The predicted octanol–water partition coefficient (Wildman–Crippen LogP) is 1.44. The van der Waals surface area contributed by atoms with Crippen LogP contribution in [0.3, 0.4) is 0 Å². The molecule has 0 aromatic carbocycles. The highest BCUT2D eigenvalue weighted by Crippen LogP contribution is 2.21. The number of likely N-dealkylation sites (tertiary alicyclic amines) is 1. The van der Waals surface area contributed by atoms with Gasteiger partial charge in [0, 0.05) is 42.2 Å². The van der Waals surface area contributed by atoms with E-state index in [-0.39, 0.29) is 5.56 Å². The first-order valence-electron chi connectivity index (χ1n) is 8.09. The summed E-state index contributed by atoms with van der Waals surface area (Å²) in [5, 5.41) is 6.69. The Labute approximate surface area is 138 Å². The minimum Gasteiger partial charge on any atom is -0.376 e. The van der Waals surface area contributed by atoms with Crippen LogP contribution in [0.2, 0.25) is 0 Å². The van der Waals surface area contributed by atoms with Gasteiger partial charge in [0.05, 0.1) is 25.5 Å². The molecule has 7 heteroatoms. The third-order valence-electron chi connectivity index (χ3n) is 4.66. The Morgan fingerprint density at radius 2 is 2.39 bits per heavy atom. The van der Waals surface area contributed by atoms with Crippen molar-refractivity contribution in [2.45, 2.75) is 45.0 Å². The summed E-state index contributed by atoms with van der Waals surface area (Å²) in [6, 6.07) is 2.07. The zero-order valence-electron chi connectivity index (χ0n) is 13.0. The van der Waals surface area contributed by atoms with Crippen LogP contribution in [0.5, 0.6) is 0 Å². The van der Waals surface area contributed by atoms with Crippen molar-refractivity contribution in [3.63, 3.8) is 0 Å². The minimum absolute atomic E-state index is 0.0155. The zero-order valence-corrected chi connectivity index (χ0v) is 13.8. The average molecular weight is 332 g/mol. The van der Waals surface area contributed by atoms with Gasteiger partial charge in [-0.05, 0) is 36.5 Å². The van der Waals surface area contributed by atoms with E-state index in [0.717, 1.165) is 37.2 Å². The van der Waals surface area contributed by atoms with Gasteiger partial charge in [-0.2, -0.15) is 5.10 Å². The first-order chi connectivity index (χ1) is 11.3. The van der Waals surface area contributed by atoms with Crippen molar-refractivity contribution in [3.05, 3.63) is 44.8 Å². The van der Waals surface area contributed by atoms with E-state index in [4.69, 9.17) is 4.74 Å². The molecule has 1 atom stereocenters. The summed E-state index contributed by atoms with van der Waals surface area (Å²) in [4.78, 5) is 14.8. The fraction of sp³-hybridized carbons (Fsp3) is 0.562. The Morgan fingerprint density at radius 3 is 3.26 bits per heavy atom. The topological polar surface area (TPSA) is 60.2 Å². The Bertz CT molecular complexity index is 728. The SMILES string of the molecule is O=c1cc2c(nn1CC1CCCN1Cc1cnsc1)CCOC2. The molecule has 2 aromatic rings. The molecule has 6 nitrogen and oxygen atoms in total. The highest BCUT2D eigenvalue weighted by atomic mass is 32.1. The number of hydrogen-bond donors (Lipinski definition) is 0. The molecule has 1 unspecified atom stereocenters. The molecule has 23 heavy (non-hydrogen) atoms. The van der Waals surface area contributed by atoms with Gasteiger partial charge >= 0.3 is 0 Å². The van der Waals surface area contributed by atoms with Gasteiger partial charge in [-0.25, -0.2) is 9.06 Å². The summed E-state index contributed by atoms with van der Waals surface area (Å²) < 4.78 is 11.2. The molecule has 0 saturated carbocycles. The zero-order chi connectivity index (χ0) is 15.6. The van der Waals surface area contributed by atoms with Crippen molar-refractivity contribution < 1.29 is 4.74 Å². The van der Waals surface area contributed by atoms with Crippen molar-refractivity contribution >= 4 is 11.5 Å². The van der Waals surface area contributed by atoms with Crippen LogP contribution in [0.15, 0.2) is 22.4 Å². The van der Waals surface area contributed by atoms with Gasteiger partial charge in [0.2, 0.25) is 0 Å². The van der Waals surface area contributed by atoms with Crippen LogP contribution in [0.4, 0.5) is 0 Å². The molecule has 2 aliphatic rings. The summed E-state index contributed by atoms with van der Waals surface area (Å²) in [6.45, 7) is 3.87. The summed E-state index contributed by atoms with van der Waals surface area (Å²) in [7, 11) is 0. The monoisotopic (exact) mass is 332 g/mol. The van der Waals surface area contributed by atoms with Crippen LogP contribution in [0, 0.1) is 0 Å². The Hall–Kier alpha value is -1.57. The molecule has 1 fully saturated rings. The number of fused-ring (bicyclic) bond motifs is 1. The summed E-state index contributed by atoms with van der Waals surface area (Å²) in [5.74, 6) is 0. The van der Waals surface area contributed by atoms with Crippen molar-refractivity contribution in [3.8, 4) is 0 Å². The number of rotatable bonds is 4. The average Bonchev–Trinajstić information content (AvgIpc) is 3.21. The van der Waals surface area contributed by atoms with E-state index in [0.29, 0.717) is 25.8 Å². The van der Waals surface area contributed by atoms with Crippen LogP contribution >= 0.6 is 11.5 Å². The molecule has 2 aromatic heterocycles. The second-order valence-electron chi connectivity index (χ2n) is 6.24. The van der Waals surface area contributed by atoms with Gasteiger partial charge in [-0.15, -0.1) is 0 Å². The molecule has 0 amide bonds. The molecule has 122 valence electrons. The standard InChI is InChI=1S/C16H20N4O2S/c21-16-6-13-10-22-5-3-15(13)18-20(16)9-14-2-1-4-19(14)8-12-7-17-23-11-12/h6-7,11,14H,1-5,8-10H2. The lowest BCUT2D eigenvalue weighted by molar-refractivity contribution is 0.107. The first kappa shape index (κ1) is 15.0. The summed E-state index contributed by atoms with van der Waals surface area (Å²) in [5.41, 5.74) is 3.20. The molecule has 0 N–H and O–H groups in total. The molecule has 0 aliphatic carbocycles. The van der Waals surface area contributed by atoms with Crippen molar-refractivity contribution in [2.24, 2.45) is 0 Å². The van der Waals surface area contributed by atoms with E-state index >= 15 is 0 Å². The third kappa shape index (κ3) is 3.22. The van der Waals surface area contributed by atoms with Crippen molar-refractivity contribution in [1.29, 1.82) is 0 Å². The highest BCUT2D eigenvalue weighted by Gasteiger charge is 2.26. The van der Waals surface area contributed by atoms with Gasteiger partial charge < -0.3 is 4.74 Å². The molecule has 0 spiro atoms. The number of hydrogen-bond acceptors (Lipinski definition) is 6. The van der Waals surface area contributed by atoms with Gasteiger partial charge in [0.1, 0.15) is 0 Å². The fourth-order valence-electron chi connectivity index (χ4n) is 3.43. The lowest BCUT2D eigenvalue weighted by Gasteiger charge is -2.25. The van der Waals surface area contributed by atoms with Crippen LogP contribution < -0.4 is 5.56 Å². The maximum atomic E-state index is 12.3. The highest BCUT2D eigenvalue weighted by molar-refractivity contribution is 7.03. The van der Waals surface area contributed by atoms with Gasteiger partial charge in [-0.1, -0.05) is 0 Å². The van der Waals surface area contributed by atoms with Gasteiger partial charge in [0.15, 0.2) is 0 Å². The normalized spacial score (nSPS) is 21.5. The van der Waals surface area contributed by atoms with Crippen molar-refractivity contribution in [1.82, 2.24) is 19.1 Å². The second kappa shape index (κ2) is 6.51. The smallest absolute Gasteiger partial charge is 0.267 e. The Kier molecular flexibility index (Phi) is 4.24. The molecule has 4 heterocycles. The molecule has 0 radical (unpaired) electrons. The second-order valence-corrected chi connectivity index (χ2v) is 6.90. The van der Waals surface area contributed by atoms with E-state index in [1.54, 1.807) is 10.7 Å². The number of ether oxygens (including phenoxy) is 1. The number of nitrogens with zero attached hydrogens (tertiary/aromatic N) is 4. The molecular formula is C16H20N4O2S. The molecule has 0 bridgehead atoms. The maximum Gasteiger partial charge on any atom is 0.267 e. The van der Waals surface area contributed by atoms with E-state index in [2.05, 4.69) is 19.8 Å². The van der Waals surface area contributed by atoms with Crippen LogP contribution in [-0.4, -0.2) is 38.2 Å². The van der Waals surface area contributed by atoms with E-state index in [1.807, 2.05) is 6.20 Å². The van der Waals surface area contributed by atoms with Crippen LogP contribution in [0.25, 0.3) is 0 Å². The van der Waals surface area contributed by atoms with E-state index < -0.39 is 0 Å².